The van der Waals surface area contributed by atoms with Gasteiger partial charge in [0.1, 0.15) is 0 Å². The summed E-state index contributed by atoms with van der Waals surface area (Å²) in [6.45, 7) is 4.78. The van der Waals surface area contributed by atoms with E-state index in [1.807, 2.05) is 0 Å². The third kappa shape index (κ3) is 5.89. The molecule has 71 heavy (non-hydrogen) atoms. The van der Waals surface area contributed by atoms with Crippen LogP contribution in [0.15, 0.2) is 243 Å². The maximum Gasteiger partial charge on any atom is 0.0544 e. The van der Waals surface area contributed by atoms with Gasteiger partial charge < -0.3 is 9.13 Å². The molecule has 14 aromatic rings. The van der Waals surface area contributed by atoms with Crippen molar-refractivity contribution < 1.29 is 0 Å². The number of rotatable bonds is 5. The fourth-order valence-corrected chi connectivity index (χ4v) is 12.4. The highest BCUT2D eigenvalue weighted by molar-refractivity contribution is 6.27. The lowest BCUT2D eigenvalue weighted by Crippen LogP contribution is -2.14. The Morgan fingerprint density at radius 2 is 0.690 bits per heavy atom. The minimum absolute atomic E-state index is 0.144. The van der Waals surface area contributed by atoms with Crippen LogP contribution in [0.3, 0.4) is 0 Å². The summed E-state index contributed by atoms with van der Waals surface area (Å²) < 4.78 is 4.93. The third-order valence-corrected chi connectivity index (χ3v) is 15.9. The van der Waals surface area contributed by atoms with Crippen molar-refractivity contribution in [2.75, 3.05) is 0 Å². The van der Waals surface area contributed by atoms with E-state index in [4.69, 9.17) is 0 Å². The number of para-hydroxylation sites is 2. The van der Waals surface area contributed by atoms with Crippen LogP contribution in [0.5, 0.6) is 0 Å². The first-order valence-corrected chi connectivity index (χ1v) is 24.8. The SMILES string of the molecule is CC1(C)c2ccccc2-c2cc3c4cc(-c5ccc6c(c5)c5ccccc5n6-c5ccccc5)ccc4n(-c4ccc5c6ccc(-c7ccccc7)cc6c6cc(-c7ccccc7)ccc6c5c4)c3cc21. The average molecular weight is 903 g/mol. The van der Waals surface area contributed by atoms with Gasteiger partial charge in [-0.2, -0.15) is 0 Å². The van der Waals surface area contributed by atoms with E-state index in [2.05, 4.69) is 266 Å². The first-order chi connectivity index (χ1) is 35.0. The molecule has 0 unspecified atom stereocenters. The third-order valence-electron chi connectivity index (χ3n) is 15.9. The van der Waals surface area contributed by atoms with Crippen LogP contribution in [0, 0.1) is 0 Å². The summed E-state index contributed by atoms with van der Waals surface area (Å²) in [7, 11) is 0. The van der Waals surface area contributed by atoms with Crippen molar-refractivity contribution in [3.8, 4) is 55.9 Å². The first kappa shape index (κ1) is 40.0. The molecule has 2 heterocycles. The largest absolute Gasteiger partial charge is 0.309 e. The van der Waals surface area contributed by atoms with E-state index in [1.165, 1.54) is 137 Å². The summed E-state index contributed by atoms with van der Waals surface area (Å²) in [5, 5.41) is 12.6. The predicted molar refractivity (Wildman–Crippen MR) is 302 cm³/mol. The van der Waals surface area contributed by atoms with Crippen LogP contribution in [-0.4, -0.2) is 9.13 Å². The molecule has 0 saturated heterocycles. The quantitative estimate of drug-likeness (QED) is 0.152. The highest BCUT2D eigenvalue weighted by Gasteiger charge is 2.36. The molecular weight excluding hydrogens is 857 g/mol. The minimum Gasteiger partial charge on any atom is -0.309 e. The number of nitrogens with zero attached hydrogens (tertiary/aromatic N) is 2. The average Bonchev–Trinajstić information content (AvgIpc) is 4.02. The van der Waals surface area contributed by atoms with Gasteiger partial charge in [-0.15, -0.1) is 0 Å². The molecule has 332 valence electrons. The highest BCUT2D eigenvalue weighted by Crippen LogP contribution is 2.52. The normalized spacial score (nSPS) is 13.0. The number of hydrogen-bond donors (Lipinski definition) is 0. The van der Waals surface area contributed by atoms with E-state index in [0.717, 1.165) is 5.69 Å². The molecule has 0 amide bonds. The van der Waals surface area contributed by atoms with Crippen molar-refractivity contribution in [1.82, 2.24) is 9.13 Å². The molecule has 1 aliphatic carbocycles. The van der Waals surface area contributed by atoms with Gasteiger partial charge in [-0.05, 0) is 167 Å². The van der Waals surface area contributed by atoms with Crippen LogP contribution in [-0.2, 0) is 5.41 Å². The monoisotopic (exact) mass is 902 g/mol. The smallest absolute Gasteiger partial charge is 0.0544 e. The second-order valence-corrected chi connectivity index (χ2v) is 20.1. The van der Waals surface area contributed by atoms with Gasteiger partial charge in [0.05, 0.1) is 22.1 Å². The maximum absolute atomic E-state index is 2.54. The molecule has 15 rings (SSSR count). The van der Waals surface area contributed by atoms with Crippen molar-refractivity contribution in [2.24, 2.45) is 0 Å². The van der Waals surface area contributed by atoms with Gasteiger partial charge in [-0.1, -0.05) is 178 Å². The fourth-order valence-electron chi connectivity index (χ4n) is 12.4. The van der Waals surface area contributed by atoms with E-state index in [1.54, 1.807) is 0 Å². The van der Waals surface area contributed by atoms with Crippen LogP contribution in [0.4, 0.5) is 0 Å². The molecule has 0 N–H and O–H groups in total. The molecule has 0 radical (unpaired) electrons. The molecule has 2 heteroatoms. The summed E-state index contributed by atoms with van der Waals surface area (Å²) in [6.07, 6.45) is 0. The summed E-state index contributed by atoms with van der Waals surface area (Å²) >= 11 is 0. The summed E-state index contributed by atoms with van der Waals surface area (Å²) in [4.78, 5) is 0. The number of aromatic nitrogens is 2. The summed E-state index contributed by atoms with van der Waals surface area (Å²) in [6, 6.07) is 90.6. The molecule has 0 spiro atoms. The van der Waals surface area contributed by atoms with E-state index >= 15 is 0 Å². The minimum atomic E-state index is -0.144. The summed E-state index contributed by atoms with van der Waals surface area (Å²) in [5.41, 5.74) is 19.7. The van der Waals surface area contributed by atoms with Crippen molar-refractivity contribution in [1.29, 1.82) is 0 Å². The Morgan fingerprint density at radius 1 is 0.239 bits per heavy atom. The lowest BCUT2D eigenvalue weighted by atomic mass is 9.82. The predicted octanol–water partition coefficient (Wildman–Crippen LogP) is 18.6. The molecule has 2 nitrogen and oxygen atoms in total. The highest BCUT2D eigenvalue weighted by atomic mass is 15.0. The van der Waals surface area contributed by atoms with E-state index in [9.17, 15) is 0 Å². The maximum atomic E-state index is 2.54. The van der Waals surface area contributed by atoms with Crippen LogP contribution in [0.1, 0.15) is 25.0 Å². The van der Waals surface area contributed by atoms with Gasteiger partial charge in [0.15, 0.2) is 0 Å². The molecule has 0 saturated carbocycles. The second kappa shape index (κ2) is 15.0. The molecule has 1 aliphatic rings. The van der Waals surface area contributed by atoms with Crippen molar-refractivity contribution >= 4 is 75.9 Å². The van der Waals surface area contributed by atoms with Crippen LogP contribution < -0.4 is 0 Å². The summed E-state index contributed by atoms with van der Waals surface area (Å²) in [5.74, 6) is 0. The molecule has 2 aromatic heterocycles. The van der Waals surface area contributed by atoms with Gasteiger partial charge in [0.2, 0.25) is 0 Å². The Kier molecular flexibility index (Phi) is 8.45. The zero-order chi connectivity index (χ0) is 47.0. The Balaban J connectivity index is 0.976. The van der Waals surface area contributed by atoms with E-state index < -0.39 is 0 Å². The molecule has 0 fully saturated rings. The molecular formula is C69H46N2. The zero-order valence-corrected chi connectivity index (χ0v) is 39.5. The topological polar surface area (TPSA) is 9.86 Å². The van der Waals surface area contributed by atoms with Crippen LogP contribution in [0.2, 0.25) is 0 Å². The fraction of sp³-hybridized carbons (Fsp3) is 0.0435. The Morgan fingerprint density at radius 3 is 1.35 bits per heavy atom. The number of hydrogen-bond acceptors (Lipinski definition) is 0. The van der Waals surface area contributed by atoms with Crippen LogP contribution in [0.25, 0.3) is 132 Å². The van der Waals surface area contributed by atoms with Gasteiger partial charge in [0.25, 0.3) is 0 Å². The zero-order valence-electron chi connectivity index (χ0n) is 39.5. The van der Waals surface area contributed by atoms with Gasteiger partial charge >= 0.3 is 0 Å². The number of benzene rings is 12. The van der Waals surface area contributed by atoms with Crippen LogP contribution >= 0.6 is 0 Å². The molecule has 12 aromatic carbocycles. The Hall–Kier alpha value is -8.98. The lowest BCUT2D eigenvalue weighted by molar-refractivity contribution is 0.661. The van der Waals surface area contributed by atoms with Gasteiger partial charge in [0, 0.05) is 38.3 Å². The molecule has 0 aliphatic heterocycles. The van der Waals surface area contributed by atoms with Gasteiger partial charge in [-0.25, -0.2) is 0 Å². The van der Waals surface area contributed by atoms with Crippen molar-refractivity contribution in [3.63, 3.8) is 0 Å². The lowest BCUT2D eigenvalue weighted by Gasteiger charge is -2.21. The second-order valence-electron chi connectivity index (χ2n) is 20.1. The van der Waals surface area contributed by atoms with E-state index in [0.29, 0.717) is 0 Å². The van der Waals surface area contributed by atoms with Crippen molar-refractivity contribution in [2.45, 2.75) is 19.3 Å². The van der Waals surface area contributed by atoms with Crippen molar-refractivity contribution in [3.05, 3.63) is 254 Å². The first-order valence-electron chi connectivity index (χ1n) is 24.8. The molecule has 0 atom stereocenters. The Labute approximate surface area is 411 Å². The number of fused-ring (bicyclic) bond motifs is 15. The van der Waals surface area contributed by atoms with E-state index in [-0.39, 0.29) is 5.41 Å². The standard InChI is InChI=1S/C69H46N2/c1-69(2)63-24-14-12-22-54(63)59-41-62-61-39-48(47-28-34-66-60(38-47)55-23-13-15-25-65(55)70(66)49-20-10-5-11-21-49)29-35-67(61)71(68(62)42-64(59)69)50-30-33-52-51-31-26-45(43-16-6-3-7-17-43)36-56(51)57-37-46(44-18-8-4-9-19-44)27-32-53(57)58(52)40-50/h3-42H,1-2H3. The molecule has 0 bridgehead atoms. The Bertz CT molecular complexity index is 4510. The van der Waals surface area contributed by atoms with Gasteiger partial charge in [-0.3, -0.25) is 0 Å².